The van der Waals surface area contributed by atoms with E-state index in [0.717, 1.165) is 5.56 Å². The fourth-order valence-corrected chi connectivity index (χ4v) is 1.88. The third-order valence-electron chi connectivity index (χ3n) is 2.37. The Morgan fingerprint density at radius 1 is 1.17 bits per heavy atom. The van der Waals surface area contributed by atoms with Gasteiger partial charge >= 0.3 is 0 Å². The van der Waals surface area contributed by atoms with Gasteiger partial charge in [0.1, 0.15) is 0 Å². The van der Waals surface area contributed by atoms with E-state index in [-0.39, 0.29) is 18.1 Å². The molecule has 18 heavy (non-hydrogen) atoms. The van der Waals surface area contributed by atoms with Crippen LogP contribution in [0.3, 0.4) is 0 Å². The van der Waals surface area contributed by atoms with Crippen LogP contribution in [0.15, 0.2) is 58.0 Å². The smallest absolute Gasteiger partial charge is 0.250 e. The molecular weight excluding hydrogens is 294 g/mol. The second kappa shape index (κ2) is 5.69. The summed E-state index contributed by atoms with van der Waals surface area (Å²) in [6, 6.07) is 9.42. The summed E-state index contributed by atoms with van der Waals surface area (Å²) in [5, 5.41) is 0. The van der Waals surface area contributed by atoms with Gasteiger partial charge in [0.2, 0.25) is 0 Å². The molecule has 0 aromatic heterocycles. The third-order valence-corrected chi connectivity index (χ3v) is 2.99. The first kappa shape index (κ1) is 12.6. The van der Waals surface area contributed by atoms with Crippen molar-refractivity contribution in [3.05, 3.63) is 58.6 Å². The van der Waals surface area contributed by atoms with Crippen molar-refractivity contribution >= 4 is 33.3 Å². The largest absolute Gasteiger partial charge is 0.289 e. The lowest BCUT2D eigenvalue weighted by atomic mass is 10.1. The number of carbonyl (C=O) groups is 2. The van der Waals surface area contributed by atoms with Gasteiger partial charge < -0.3 is 0 Å². The second-order valence-electron chi connectivity index (χ2n) is 3.78. The molecule has 1 aliphatic rings. The van der Waals surface area contributed by atoms with Crippen molar-refractivity contribution in [2.45, 2.75) is 6.42 Å². The van der Waals surface area contributed by atoms with Gasteiger partial charge in [-0.3, -0.25) is 9.59 Å². The van der Waals surface area contributed by atoms with Gasteiger partial charge in [0, 0.05) is 0 Å². The van der Waals surface area contributed by atoms with Crippen molar-refractivity contribution in [2.24, 2.45) is 4.99 Å². The van der Waals surface area contributed by atoms with Crippen LogP contribution in [0, 0.1) is 0 Å². The summed E-state index contributed by atoms with van der Waals surface area (Å²) in [4.78, 5) is 26.8. The van der Waals surface area contributed by atoms with Gasteiger partial charge in [-0.05, 0) is 39.7 Å². The Hall–Kier alpha value is -1.81. The molecule has 3 nitrogen and oxygen atoms in total. The Balaban J connectivity index is 2.08. The number of amides is 1. The van der Waals surface area contributed by atoms with E-state index in [1.165, 1.54) is 12.2 Å². The summed E-state index contributed by atoms with van der Waals surface area (Å²) < 4.78 is 0.413. The molecule has 0 N–H and O–H groups in total. The maximum absolute atomic E-state index is 11.7. The average molecular weight is 304 g/mol. The number of aliphatic imine (C=N–C) groups is 1. The highest BCUT2D eigenvalue weighted by Gasteiger charge is 2.10. The van der Waals surface area contributed by atoms with Crippen molar-refractivity contribution in [3.8, 4) is 0 Å². The van der Waals surface area contributed by atoms with E-state index in [4.69, 9.17) is 0 Å². The Bertz CT molecular complexity index is 571. The number of nitrogens with zero attached hydrogens (tertiary/aromatic N) is 1. The Kier molecular flexibility index (Phi) is 3.99. The predicted octanol–water partition coefficient (Wildman–Crippen LogP) is 2.61. The van der Waals surface area contributed by atoms with Gasteiger partial charge in [0.15, 0.2) is 5.78 Å². The van der Waals surface area contributed by atoms with E-state index < -0.39 is 0 Å². The average Bonchev–Trinajstić information content (AvgIpc) is 2.35. The van der Waals surface area contributed by atoms with Crippen molar-refractivity contribution in [2.75, 3.05) is 0 Å². The van der Waals surface area contributed by atoms with E-state index in [2.05, 4.69) is 20.9 Å². The molecule has 0 bridgehead atoms. The Morgan fingerprint density at radius 3 is 2.56 bits per heavy atom. The fraction of sp³-hybridized carbons (Fsp3) is 0.0714. The first-order chi connectivity index (χ1) is 8.65. The van der Waals surface area contributed by atoms with Crippen LogP contribution in [0.4, 0.5) is 0 Å². The van der Waals surface area contributed by atoms with E-state index in [9.17, 15) is 9.59 Å². The van der Waals surface area contributed by atoms with Crippen LogP contribution in [0.25, 0.3) is 0 Å². The van der Waals surface area contributed by atoms with Crippen molar-refractivity contribution < 1.29 is 9.59 Å². The molecule has 0 radical (unpaired) electrons. The zero-order valence-electron chi connectivity index (χ0n) is 9.47. The zero-order valence-corrected chi connectivity index (χ0v) is 11.1. The molecule has 0 saturated heterocycles. The number of halogens is 1. The summed E-state index contributed by atoms with van der Waals surface area (Å²) in [6.45, 7) is 0. The fourth-order valence-electron chi connectivity index (χ4n) is 1.51. The molecule has 0 atom stereocenters. The summed E-state index contributed by atoms with van der Waals surface area (Å²) in [5.41, 5.74) is 1.41. The molecule has 0 aliphatic heterocycles. The SMILES string of the molecule is O=C(Cc1ccccc1)N=C1C=CC(=O)C(Br)=C1. The predicted molar refractivity (Wildman–Crippen MR) is 73.7 cm³/mol. The molecule has 0 spiro atoms. The summed E-state index contributed by atoms with van der Waals surface area (Å²) in [5.74, 6) is -0.351. The van der Waals surface area contributed by atoms with E-state index >= 15 is 0 Å². The first-order valence-corrected chi connectivity index (χ1v) is 6.19. The first-order valence-electron chi connectivity index (χ1n) is 5.40. The Morgan fingerprint density at radius 2 is 1.89 bits per heavy atom. The lowest BCUT2D eigenvalue weighted by Gasteiger charge is -2.02. The summed E-state index contributed by atoms with van der Waals surface area (Å²) >= 11 is 3.12. The topological polar surface area (TPSA) is 46.5 Å². The van der Waals surface area contributed by atoms with Gasteiger partial charge in [-0.1, -0.05) is 30.3 Å². The molecule has 2 rings (SSSR count). The molecule has 0 unspecified atom stereocenters. The highest BCUT2D eigenvalue weighted by molar-refractivity contribution is 9.12. The van der Waals surface area contributed by atoms with Gasteiger partial charge in [-0.2, -0.15) is 0 Å². The van der Waals surface area contributed by atoms with Gasteiger partial charge in [0.25, 0.3) is 5.91 Å². The van der Waals surface area contributed by atoms with Crippen LogP contribution in [0.5, 0.6) is 0 Å². The third kappa shape index (κ3) is 3.34. The number of allylic oxidation sites excluding steroid dienone is 4. The molecule has 4 heteroatoms. The van der Waals surface area contributed by atoms with Crippen molar-refractivity contribution in [1.29, 1.82) is 0 Å². The highest BCUT2D eigenvalue weighted by atomic mass is 79.9. The van der Waals surface area contributed by atoms with Crippen LogP contribution in [0.1, 0.15) is 5.56 Å². The molecule has 1 aromatic rings. The summed E-state index contributed by atoms with van der Waals surface area (Å²) in [7, 11) is 0. The number of carbonyl (C=O) groups excluding carboxylic acids is 2. The highest BCUT2D eigenvalue weighted by Crippen LogP contribution is 2.12. The number of ketones is 1. The lowest BCUT2D eigenvalue weighted by Crippen LogP contribution is -2.07. The van der Waals surface area contributed by atoms with Crippen molar-refractivity contribution in [1.82, 2.24) is 0 Å². The lowest BCUT2D eigenvalue weighted by molar-refractivity contribution is -0.117. The van der Waals surface area contributed by atoms with E-state index in [1.807, 2.05) is 30.3 Å². The molecule has 0 saturated carbocycles. The zero-order chi connectivity index (χ0) is 13.0. The van der Waals surface area contributed by atoms with Crippen molar-refractivity contribution in [3.63, 3.8) is 0 Å². The van der Waals surface area contributed by atoms with Crippen LogP contribution in [0.2, 0.25) is 0 Å². The molecule has 1 amide bonds. The molecule has 0 heterocycles. The maximum Gasteiger partial charge on any atom is 0.250 e. The number of rotatable bonds is 2. The molecule has 90 valence electrons. The number of hydrogen-bond acceptors (Lipinski definition) is 2. The van der Waals surface area contributed by atoms with E-state index in [1.54, 1.807) is 6.08 Å². The number of benzene rings is 1. The second-order valence-corrected chi connectivity index (χ2v) is 4.64. The summed E-state index contributed by atoms with van der Waals surface area (Å²) in [6.07, 6.45) is 4.73. The van der Waals surface area contributed by atoms with Gasteiger partial charge in [-0.25, -0.2) is 4.99 Å². The minimum absolute atomic E-state index is 0.121. The van der Waals surface area contributed by atoms with Crippen LogP contribution < -0.4 is 0 Å². The normalized spacial score (nSPS) is 16.8. The Labute approximate surface area is 113 Å². The monoisotopic (exact) mass is 303 g/mol. The molecule has 1 aliphatic carbocycles. The van der Waals surface area contributed by atoms with Gasteiger partial charge in [0.05, 0.1) is 16.6 Å². The maximum atomic E-state index is 11.7. The molecule has 1 aromatic carbocycles. The minimum Gasteiger partial charge on any atom is -0.289 e. The number of hydrogen-bond donors (Lipinski definition) is 0. The van der Waals surface area contributed by atoms with Crippen LogP contribution in [-0.4, -0.2) is 17.4 Å². The standard InChI is InChI=1S/C14H10BrNO2/c15-12-9-11(6-7-13(12)17)16-14(18)8-10-4-2-1-3-5-10/h1-7,9H,8H2. The van der Waals surface area contributed by atoms with Crippen LogP contribution >= 0.6 is 15.9 Å². The molecule has 0 fully saturated rings. The minimum atomic E-state index is -0.230. The van der Waals surface area contributed by atoms with Gasteiger partial charge in [-0.15, -0.1) is 0 Å². The molecular formula is C14H10BrNO2. The quantitative estimate of drug-likeness (QED) is 0.789. The van der Waals surface area contributed by atoms with E-state index in [0.29, 0.717) is 10.2 Å². The van der Waals surface area contributed by atoms with Crippen LogP contribution in [-0.2, 0) is 16.0 Å².